The number of benzene rings is 2. The second-order valence-electron chi connectivity index (χ2n) is 6.03. The highest BCUT2D eigenvalue weighted by molar-refractivity contribution is 7.98. The average molecular weight is 402 g/mol. The molecule has 1 amide bonds. The Bertz CT molecular complexity index is 879. The lowest BCUT2D eigenvalue weighted by atomic mass is 10.1. The fourth-order valence-corrected chi connectivity index (χ4v) is 3.42. The van der Waals surface area contributed by atoms with E-state index in [0.717, 1.165) is 22.1 Å². The zero-order valence-electron chi connectivity index (χ0n) is 14.9. The van der Waals surface area contributed by atoms with Crippen molar-refractivity contribution in [3.05, 3.63) is 76.4 Å². The molecule has 0 fully saturated rings. The van der Waals surface area contributed by atoms with Crippen molar-refractivity contribution < 1.29 is 9.32 Å². The molecule has 0 saturated carbocycles. The maximum absolute atomic E-state index is 12.2. The fourth-order valence-electron chi connectivity index (χ4n) is 2.44. The third kappa shape index (κ3) is 6.12. The number of halogens is 1. The van der Waals surface area contributed by atoms with Crippen molar-refractivity contribution in [1.29, 1.82) is 0 Å². The van der Waals surface area contributed by atoms with Crippen LogP contribution in [0, 0.1) is 6.92 Å². The van der Waals surface area contributed by atoms with Gasteiger partial charge in [0.1, 0.15) is 0 Å². The number of nitrogens with zero attached hydrogens (tertiary/aromatic N) is 2. The third-order valence-electron chi connectivity index (χ3n) is 3.86. The molecule has 0 radical (unpaired) electrons. The van der Waals surface area contributed by atoms with E-state index in [1.165, 1.54) is 5.56 Å². The Morgan fingerprint density at radius 1 is 1.15 bits per heavy atom. The minimum atomic E-state index is -0.0754. The van der Waals surface area contributed by atoms with Gasteiger partial charge in [-0.05, 0) is 55.3 Å². The van der Waals surface area contributed by atoms with Gasteiger partial charge in [-0.25, -0.2) is 0 Å². The number of carbonyl (C=O) groups is 1. The number of carbonyl (C=O) groups excluding carboxylic acids is 1. The molecule has 0 unspecified atom stereocenters. The minimum absolute atomic E-state index is 0.0754. The number of rotatable bonds is 8. The molecular weight excluding hydrogens is 382 g/mol. The van der Waals surface area contributed by atoms with Gasteiger partial charge in [-0.2, -0.15) is 4.98 Å². The van der Waals surface area contributed by atoms with Crippen molar-refractivity contribution in [1.82, 2.24) is 15.5 Å². The van der Waals surface area contributed by atoms with Crippen molar-refractivity contribution in [3.8, 4) is 0 Å². The number of thioether (sulfide) groups is 1. The first kappa shape index (κ1) is 19.5. The molecule has 5 nitrogen and oxygen atoms in total. The molecule has 0 atom stereocenters. The Morgan fingerprint density at radius 3 is 2.56 bits per heavy atom. The number of hydrogen-bond acceptors (Lipinski definition) is 5. The van der Waals surface area contributed by atoms with Crippen molar-refractivity contribution in [2.45, 2.75) is 30.4 Å². The number of amides is 1. The minimum Gasteiger partial charge on any atom is -0.352 e. The molecule has 1 heterocycles. The van der Waals surface area contributed by atoms with Gasteiger partial charge in [0.2, 0.25) is 5.89 Å². The maximum Gasteiger partial charge on any atom is 0.251 e. The van der Waals surface area contributed by atoms with Crippen molar-refractivity contribution in [2.24, 2.45) is 0 Å². The third-order valence-corrected chi connectivity index (χ3v) is 5.19. The summed E-state index contributed by atoms with van der Waals surface area (Å²) in [5.41, 5.74) is 1.82. The number of aromatic nitrogens is 2. The molecule has 0 saturated heterocycles. The highest BCUT2D eigenvalue weighted by atomic mass is 35.5. The second-order valence-corrected chi connectivity index (χ2v) is 7.52. The molecule has 7 heteroatoms. The number of nitrogens with one attached hydrogen (secondary N) is 1. The lowest BCUT2D eigenvalue weighted by molar-refractivity contribution is 0.0953. The predicted molar refractivity (Wildman–Crippen MR) is 107 cm³/mol. The molecule has 1 aromatic heterocycles. The summed E-state index contributed by atoms with van der Waals surface area (Å²) in [7, 11) is 0. The zero-order valence-corrected chi connectivity index (χ0v) is 16.5. The van der Waals surface area contributed by atoms with E-state index in [1.54, 1.807) is 18.7 Å². The first-order valence-electron chi connectivity index (χ1n) is 8.65. The van der Waals surface area contributed by atoms with Gasteiger partial charge >= 0.3 is 0 Å². The SMILES string of the molecule is Cc1noc(CCCNC(=O)c2ccc(CSc3ccc(Cl)cc3)cc2)n1. The standard InChI is InChI=1S/C20H20ClN3O2S/c1-14-23-19(26-24-14)3-2-12-22-20(25)16-6-4-15(5-7-16)13-27-18-10-8-17(21)9-11-18/h4-11H,2-3,12-13H2,1H3,(H,22,25). The van der Waals surface area contributed by atoms with Crippen LogP contribution < -0.4 is 5.32 Å². The highest BCUT2D eigenvalue weighted by Crippen LogP contribution is 2.24. The van der Waals surface area contributed by atoms with Crippen molar-refractivity contribution in [3.63, 3.8) is 0 Å². The predicted octanol–water partition coefficient (Wildman–Crippen LogP) is 4.69. The molecule has 27 heavy (non-hydrogen) atoms. The molecule has 0 bridgehead atoms. The van der Waals surface area contributed by atoms with E-state index < -0.39 is 0 Å². The molecule has 2 aromatic carbocycles. The maximum atomic E-state index is 12.2. The molecule has 3 aromatic rings. The van der Waals surface area contributed by atoms with E-state index in [-0.39, 0.29) is 5.91 Å². The van der Waals surface area contributed by atoms with Gasteiger partial charge in [0.25, 0.3) is 5.91 Å². The highest BCUT2D eigenvalue weighted by Gasteiger charge is 2.06. The van der Waals surface area contributed by atoms with Crippen molar-refractivity contribution >= 4 is 29.3 Å². The van der Waals surface area contributed by atoms with Crippen LogP contribution in [0.1, 0.15) is 34.1 Å². The quantitative estimate of drug-likeness (QED) is 0.438. The molecule has 3 rings (SSSR count). The average Bonchev–Trinajstić information content (AvgIpc) is 3.10. The summed E-state index contributed by atoms with van der Waals surface area (Å²) in [6.07, 6.45) is 1.41. The Kier molecular flexibility index (Phi) is 6.90. The normalized spacial score (nSPS) is 10.7. The molecule has 0 aliphatic heterocycles. The number of hydrogen-bond donors (Lipinski definition) is 1. The summed E-state index contributed by atoms with van der Waals surface area (Å²) >= 11 is 7.63. The van der Waals surface area contributed by atoms with E-state index in [9.17, 15) is 4.79 Å². The Hall–Kier alpha value is -2.31. The van der Waals surface area contributed by atoms with Gasteiger partial charge in [0.05, 0.1) is 0 Å². The Labute approximate surface area is 167 Å². The zero-order chi connectivity index (χ0) is 19.1. The van der Waals surface area contributed by atoms with Gasteiger partial charge in [-0.3, -0.25) is 4.79 Å². The molecule has 0 spiro atoms. The summed E-state index contributed by atoms with van der Waals surface area (Å²) in [6.45, 7) is 2.35. The van der Waals surface area contributed by atoms with Crippen LogP contribution in [0.25, 0.3) is 0 Å². The fraction of sp³-hybridized carbons (Fsp3) is 0.250. The summed E-state index contributed by atoms with van der Waals surface area (Å²) in [5.74, 6) is 1.99. The largest absolute Gasteiger partial charge is 0.352 e. The molecule has 0 aliphatic carbocycles. The lowest BCUT2D eigenvalue weighted by Crippen LogP contribution is -2.24. The van der Waals surface area contributed by atoms with Gasteiger partial charge in [-0.15, -0.1) is 11.8 Å². The van der Waals surface area contributed by atoms with Crippen LogP contribution >= 0.6 is 23.4 Å². The summed E-state index contributed by atoms with van der Waals surface area (Å²) < 4.78 is 5.05. The molecule has 0 aliphatic rings. The summed E-state index contributed by atoms with van der Waals surface area (Å²) in [4.78, 5) is 17.5. The van der Waals surface area contributed by atoms with E-state index in [1.807, 2.05) is 48.5 Å². The van der Waals surface area contributed by atoms with Crippen LogP contribution in [0.4, 0.5) is 0 Å². The van der Waals surface area contributed by atoms with Crippen LogP contribution in [-0.2, 0) is 12.2 Å². The van der Waals surface area contributed by atoms with E-state index in [4.69, 9.17) is 16.1 Å². The monoisotopic (exact) mass is 401 g/mol. The van der Waals surface area contributed by atoms with Gasteiger partial charge in [0.15, 0.2) is 5.82 Å². The Balaban J connectivity index is 1.42. The van der Waals surface area contributed by atoms with Crippen LogP contribution in [-0.4, -0.2) is 22.6 Å². The van der Waals surface area contributed by atoms with Crippen LogP contribution in [0.3, 0.4) is 0 Å². The van der Waals surface area contributed by atoms with Crippen LogP contribution in [0.2, 0.25) is 5.02 Å². The molecule has 1 N–H and O–H groups in total. The second kappa shape index (κ2) is 9.58. The number of aryl methyl sites for hydroxylation is 2. The topological polar surface area (TPSA) is 68.0 Å². The first-order chi connectivity index (χ1) is 13.1. The molecule has 140 valence electrons. The lowest BCUT2D eigenvalue weighted by Gasteiger charge is -2.06. The Morgan fingerprint density at radius 2 is 1.89 bits per heavy atom. The summed E-state index contributed by atoms with van der Waals surface area (Å²) in [6, 6.07) is 15.5. The summed E-state index contributed by atoms with van der Waals surface area (Å²) in [5, 5.41) is 7.39. The molecular formula is C20H20ClN3O2S. The van der Waals surface area contributed by atoms with E-state index in [0.29, 0.717) is 30.2 Å². The van der Waals surface area contributed by atoms with E-state index >= 15 is 0 Å². The van der Waals surface area contributed by atoms with Gasteiger partial charge < -0.3 is 9.84 Å². The van der Waals surface area contributed by atoms with Crippen LogP contribution in [0.5, 0.6) is 0 Å². The van der Waals surface area contributed by atoms with Crippen LogP contribution in [0.15, 0.2) is 57.9 Å². The van der Waals surface area contributed by atoms with Gasteiger partial charge in [-0.1, -0.05) is 28.9 Å². The van der Waals surface area contributed by atoms with Gasteiger partial charge in [0, 0.05) is 34.2 Å². The van der Waals surface area contributed by atoms with E-state index in [2.05, 4.69) is 15.5 Å². The first-order valence-corrected chi connectivity index (χ1v) is 10.0. The van der Waals surface area contributed by atoms with Crippen molar-refractivity contribution in [2.75, 3.05) is 6.54 Å². The smallest absolute Gasteiger partial charge is 0.251 e.